The Balaban J connectivity index is 1.67. The van der Waals surface area contributed by atoms with Gasteiger partial charge in [0.25, 0.3) is 5.79 Å². The fraction of sp³-hybridized carbons (Fsp3) is 0.192. The Morgan fingerprint density at radius 2 is 1.15 bits per heavy atom. The van der Waals surface area contributed by atoms with Gasteiger partial charge in [-0.1, -0.05) is 66.7 Å². The van der Waals surface area contributed by atoms with Crippen LogP contribution in [-0.4, -0.2) is 46.9 Å². The number of benzene rings is 3. The highest BCUT2D eigenvalue weighted by atomic mass is 16.7. The predicted octanol–water partition coefficient (Wildman–Crippen LogP) is 3.43. The smallest absolute Gasteiger partial charge is 0.338 e. The molecule has 1 aliphatic heterocycles. The SMILES string of the molecule is C[C@H]1OC(O)(C(=O)c2ccccc2)[C@H](OC(=O)c2ccccc2)[C@@H]1OC(=O)c1ccccc1. The van der Waals surface area contributed by atoms with Gasteiger partial charge in [-0.2, -0.15) is 0 Å². The summed E-state index contributed by atoms with van der Waals surface area (Å²) >= 11 is 0. The molecule has 0 radical (unpaired) electrons. The summed E-state index contributed by atoms with van der Waals surface area (Å²) in [7, 11) is 0. The first kappa shape index (κ1) is 22.4. The van der Waals surface area contributed by atoms with Crippen LogP contribution in [-0.2, 0) is 14.2 Å². The number of rotatable bonds is 6. The van der Waals surface area contributed by atoms with Gasteiger partial charge in [0.15, 0.2) is 6.10 Å². The van der Waals surface area contributed by atoms with E-state index in [1.54, 1.807) is 66.7 Å². The summed E-state index contributed by atoms with van der Waals surface area (Å²) < 4.78 is 16.8. The predicted molar refractivity (Wildman–Crippen MR) is 118 cm³/mol. The van der Waals surface area contributed by atoms with Crippen LogP contribution >= 0.6 is 0 Å². The lowest BCUT2D eigenvalue weighted by molar-refractivity contribution is -0.188. The highest BCUT2D eigenvalue weighted by Gasteiger charge is 2.61. The Morgan fingerprint density at radius 3 is 1.64 bits per heavy atom. The largest absolute Gasteiger partial charge is 0.452 e. The van der Waals surface area contributed by atoms with Gasteiger partial charge in [-0.15, -0.1) is 0 Å². The van der Waals surface area contributed by atoms with E-state index in [0.29, 0.717) is 0 Å². The van der Waals surface area contributed by atoms with Crippen LogP contribution in [0.4, 0.5) is 0 Å². The second-order valence-electron chi connectivity index (χ2n) is 7.64. The van der Waals surface area contributed by atoms with E-state index in [1.807, 2.05) is 0 Å². The lowest BCUT2D eigenvalue weighted by atomic mass is 9.96. The molecular formula is C26H22O7. The quantitative estimate of drug-likeness (QED) is 0.457. The van der Waals surface area contributed by atoms with Gasteiger partial charge in [-0.05, 0) is 31.2 Å². The third kappa shape index (κ3) is 4.55. The number of carbonyl (C=O) groups excluding carboxylic acids is 3. The summed E-state index contributed by atoms with van der Waals surface area (Å²) in [6.07, 6.45) is -3.77. The Bertz CT molecular complexity index is 1130. The molecule has 1 saturated heterocycles. The molecule has 3 aromatic rings. The Kier molecular flexibility index (Phi) is 6.35. The Labute approximate surface area is 190 Å². The first-order chi connectivity index (χ1) is 15.9. The van der Waals surface area contributed by atoms with Crippen LogP contribution in [0, 0.1) is 0 Å². The summed E-state index contributed by atoms with van der Waals surface area (Å²) in [5.74, 6) is -4.85. The molecule has 7 heteroatoms. The molecule has 1 unspecified atom stereocenters. The van der Waals surface area contributed by atoms with Crippen LogP contribution in [0.2, 0.25) is 0 Å². The molecule has 4 rings (SSSR count). The minimum atomic E-state index is -2.55. The van der Waals surface area contributed by atoms with E-state index < -0.39 is 41.8 Å². The molecule has 0 saturated carbocycles. The van der Waals surface area contributed by atoms with Crippen molar-refractivity contribution in [1.29, 1.82) is 0 Å². The van der Waals surface area contributed by atoms with Gasteiger partial charge >= 0.3 is 11.9 Å². The number of esters is 2. The van der Waals surface area contributed by atoms with Gasteiger partial charge in [0, 0.05) is 5.56 Å². The second-order valence-corrected chi connectivity index (χ2v) is 7.64. The van der Waals surface area contributed by atoms with Gasteiger partial charge in [-0.3, -0.25) is 4.79 Å². The van der Waals surface area contributed by atoms with Gasteiger partial charge in [0.05, 0.1) is 17.2 Å². The van der Waals surface area contributed by atoms with Crippen molar-refractivity contribution in [2.75, 3.05) is 0 Å². The maximum atomic E-state index is 13.2. The first-order valence-electron chi connectivity index (χ1n) is 10.4. The lowest BCUT2D eigenvalue weighted by Gasteiger charge is -2.28. The molecule has 1 aliphatic rings. The molecule has 1 fully saturated rings. The zero-order valence-corrected chi connectivity index (χ0v) is 17.8. The molecule has 33 heavy (non-hydrogen) atoms. The van der Waals surface area contributed by atoms with Crippen LogP contribution in [0.25, 0.3) is 0 Å². The number of ketones is 1. The highest BCUT2D eigenvalue weighted by molar-refractivity contribution is 6.02. The molecule has 7 nitrogen and oxygen atoms in total. The molecule has 0 amide bonds. The van der Waals surface area contributed by atoms with Crippen molar-refractivity contribution in [3.8, 4) is 0 Å². The summed E-state index contributed by atoms with van der Waals surface area (Å²) in [5, 5.41) is 11.4. The zero-order valence-electron chi connectivity index (χ0n) is 17.8. The van der Waals surface area contributed by atoms with Crippen LogP contribution in [0.1, 0.15) is 38.0 Å². The molecule has 0 spiro atoms. The maximum Gasteiger partial charge on any atom is 0.338 e. The summed E-state index contributed by atoms with van der Waals surface area (Å²) in [6, 6.07) is 24.3. The molecule has 0 aromatic heterocycles. The fourth-order valence-corrected chi connectivity index (χ4v) is 3.69. The summed E-state index contributed by atoms with van der Waals surface area (Å²) in [6.45, 7) is 1.53. The second kappa shape index (κ2) is 9.36. The average molecular weight is 446 g/mol. The molecular weight excluding hydrogens is 424 g/mol. The standard InChI is InChI=1S/C26H22O7/c1-17-21(31-24(28)19-13-7-3-8-14-19)23(32-25(29)20-15-9-4-10-16-20)26(30,33-17)22(27)18-11-5-2-6-12-18/h2-17,21,23,30H,1H3/t17-,21-,23-,26?/m1/s1. The average Bonchev–Trinajstić information content (AvgIpc) is 3.09. The van der Waals surface area contributed by atoms with Crippen molar-refractivity contribution in [1.82, 2.24) is 0 Å². The van der Waals surface area contributed by atoms with Gasteiger partial charge in [0.1, 0.15) is 0 Å². The van der Waals surface area contributed by atoms with Gasteiger partial charge in [0.2, 0.25) is 11.9 Å². The highest BCUT2D eigenvalue weighted by Crippen LogP contribution is 2.37. The van der Waals surface area contributed by atoms with Crippen molar-refractivity contribution < 1.29 is 33.7 Å². The van der Waals surface area contributed by atoms with Crippen LogP contribution in [0.5, 0.6) is 0 Å². The molecule has 1 heterocycles. The minimum absolute atomic E-state index is 0.156. The van der Waals surface area contributed by atoms with Crippen LogP contribution < -0.4 is 0 Å². The molecule has 3 aromatic carbocycles. The topological polar surface area (TPSA) is 99.1 Å². The molecule has 4 atom stereocenters. The van der Waals surface area contributed by atoms with Crippen molar-refractivity contribution >= 4 is 17.7 Å². The van der Waals surface area contributed by atoms with E-state index in [0.717, 1.165) is 0 Å². The summed E-state index contributed by atoms with van der Waals surface area (Å²) in [4.78, 5) is 38.8. The third-order valence-corrected chi connectivity index (χ3v) is 5.37. The van der Waals surface area contributed by atoms with E-state index >= 15 is 0 Å². The van der Waals surface area contributed by atoms with Crippen molar-refractivity contribution in [3.63, 3.8) is 0 Å². The van der Waals surface area contributed by atoms with E-state index in [4.69, 9.17) is 14.2 Å². The maximum absolute atomic E-state index is 13.2. The van der Waals surface area contributed by atoms with Gasteiger partial charge in [-0.25, -0.2) is 9.59 Å². The van der Waals surface area contributed by atoms with E-state index in [9.17, 15) is 19.5 Å². The van der Waals surface area contributed by atoms with Crippen LogP contribution in [0.3, 0.4) is 0 Å². The lowest BCUT2D eigenvalue weighted by Crippen LogP contribution is -2.52. The third-order valence-electron chi connectivity index (χ3n) is 5.37. The first-order valence-corrected chi connectivity index (χ1v) is 10.4. The minimum Gasteiger partial charge on any atom is -0.452 e. The normalized spacial score (nSPS) is 24.1. The number of carbonyl (C=O) groups is 3. The molecule has 1 N–H and O–H groups in total. The van der Waals surface area contributed by atoms with E-state index in [1.165, 1.54) is 31.2 Å². The van der Waals surface area contributed by atoms with Crippen molar-refractivity contribution in [2.24, 2.45) is 0 Å². The van der Waals surface area contributed by atoms with Gasteiger partial charge < -0.3 is 19.3 Å². The number of aliphatic hydroxyl groups is 1. The number of ether oxygens (including phenoxy) is 3. The van der Waals surface area contributed by atoms with Crippen molar-refractivity contribution in [3.05, 3.63) is 108 Å². The Morgan fingerprint density at radius 1 is 0.727 bits per heavy atom. The number of hydrogen-bond acceptors (Lipinski definition) is 7. The monoisotopic (exact) mass is 446 g/mol. The van der Waals surface area contributed by atoms with E-state index in [-0.39, 0.29) is 16.7 Å². The molecule has 0 aliphatic carbocycles. The Hall–Kier alpha value is -3.81. The fourth-order valence-electron chi connectivity index (χ4n) is 3.69. The van der Waals surface area contributed by atoms with Crippen molar-refractivity contribution in [2.45, 2.75) is 31.0 Å². The number of hydrogen-bond donors (Lipinski definition) is 1. The molecule has 168 valence electrons. The molecule has 0 bridgehead atoms. The number of Topliss-reactive ketones (excluding diaryl/α,β-unsaturated/α-hetero) is 1. The zero-order chi connectivity index (χ0) is 23.4. The van der Waals surface area contributed by atoms with Crippen LogP contribution in [0.15, 0.2) is 91.0 Å². The van der Waals surface area contributed by atoms with E-state index in [2.05, 4.69) is 0 Å². The summed E-state index contributed by atoms with van der Waals surface area (Å²) in [5.41, 5.74) is 0.630.